The molecule has 0 bridgehead atoms. The lowest BCUT2D eigenvalue weighted by Crippen LogP contribution is -2.27. The van der Waals surface area contributed by atoms with Crippen LogP contribution in [0.3, 0.4) is 0 Å². The van der Waals surface area contributed by atoms with Gasteiger partial charge in [-0.15, -0.1) is 16.8 Å². The molecule has 3 amide bonds. The fraction of sp³-hybridized carbons (Fsp3) is 0.240. The van der Waals surface area contributed by atoms with Gasteiger partial charge in [-0.05, 0) is 37.3 Å². The molecule has 0 aliphatic heterocycles. The SMILES string of the molecule is C=CCn1c(CCNC(=O)c2ccccc2F)nnc1SC(C)C(=O)Nc1cccc(NC(C)=O)c1. The first-order chi connectivity index (χ1) is 17.3. The smallest absolute Gasteiger partial charge is 0.254 e. The van der Waals surface area contributed by atoms with E-state index in [0.29, 0.717) is 35.3 Å². The molecule has 2 aromatic carbocycles. The minimum Gasteiger partial charge on any atom is -0.351 e. The van der Waals surface area contributed by atoms with E-state index in [9.17, 15) is 18.8 Å². The Balaban J connectivity index is 1.61. The Morgan fingerprint density at radius 2 is 1.83 bits per heavy atom. The molecule has 0 radical (unpaired) electrons. The molecule has 36 heavy (non-hydrogen) atoms. The van der Waals surface area contributed by atoms with E-state index in [1.54, 1.807) is 43.3 Å². The van der Waals surface area contributed by atoms with Crippen molar-refractivity contribution in [3.05, 3.63) is 78.4 Å². The second-order valence-corrected chi connectivity index (χ2v) is 9.10. The first-order valence-electron chi connectivity index (χ1n) is 11.2. The molecule has 1 unspecified atom stereocenters. The van der Waals surface area contributed by atoms with Crippen LogP contribution in [0.1, 0.15) is 30.0 Å². The summed E-state index contributed by atoms with van der Waals surface area (Å²) in [7, 11) is 0. The molecule has 0 aliphatic rings. The molecule has 0 spiro atoms. The Morgan fingerprint density at radius 3 is 2.53 bits per heavy atom. The number of anilines is 2. The molecule has 3 rings (SSSR count). The number of thioether (sulfide) groups is 1. The summed E-state index contributed by atoms with van der Waals surface area (Å²) in [6.07, 6.45) is 2.05. The lowest BCUT2D eigenvalue weighted by Gasteiger charge is -2.14. The van der Waals surface area contributed by atoms with E-state index >= 15 is 0 Å². The third kappa shape index (κ3) is 7.25. The van der Waals surface area contributed by atoms with Crippen molar-refractivity contribution in [3.8, 4) is 0 Å². The van der Waals surface area contributed by atoms with Gasteiger partial charge in [-0.2, -0.15) is 0 Å². The molecule has 0 saturated heterocycles. The third-order valence-electron chi connectivity index (χ3n) is 4.96. The molecule has 3 aromatic rings. The Labute approximate surface area is 212 Å². The summed E-state index contributed by atoms with van der Waals surface area (Å²) in [4.78, 5) is 36.3. The third-order valence-corrected chi connectivity index (χ3v) is 6.04. The monoisotopic (exact) mass is 510 g/mol. The van der Waals surface area contributed by atoms with Crippen LogP contribution in [0, 0.1) is 5.82 Å². The molecule has 0 saturated carbocycles. The lowest BCUT2D eigenvalue weighted by molar-refractivity contribution is -0.115. The highest BCUT2D eigenvalue weighted by atomic mass is 32.2. The van der Waals surface area contributed by atoms with Gasteiger partial charge >= 0.3 is 0 Å². The van der Waals surface area contributed by atoms with Crippen molar-refractivity contribution in [2.75, 3.05) is 17.2 Å². The quantitative estimate of drug-likeness (QED) is 0.268. The number of amides is 3. The average Bonchev–Trinajstić information content (AvgIpc) is 3.20. The number of nitrogens with zero attached hydrogens (tertiary/aromatic N) is 3. The number of hydrogen-bond donors (Lipinski definition) is 3. The maximum atomic E-state index is 13.8. The van der Waals surface area contributed by atoms with Crippen molar-refractivity contribution in [2.45, 2.75) is 37.2 Å². The summed E-state index contributed by atoms with van der Waals surface area (Å²) in [5, 5.41) is 16.6. The zero-order valence-electron chi connectivity index (χ0n) is 20.0. The molecule has 3 N–H and O–H groups in total. The Morgan fingerprint density at radius 1 is 1.11 bits per heavy atom. The second-order valence-electron chi connectivity index (χ2n) is 7.80. The van der Waals surface area contributed by atoms with E-state index in [2.05, 4.69) is 32.7 Å². The van der Waals surface area contributed by atoms with Crippen LogP contribution in [0.4, 0.5) is 15.8 Å². The van der Waals surface area contributed by atoms with Crippen LogP contribution in [0.5, 0.6) is 0 Å². The number of halogens is 1. The zero-order chi connectivity index (χ0) is 26.1. The molecular formula is C25H27FN6O3S. The first-order valence-corrected chi connectivity index (χ1v) is 12.1. The minimum atomic E-state index is -0.586. The van der Waals surface area contributed by atoms with Crippen LogP contribution >= 0.6 is 11.8 Å². The summed E-state index contributed by atoms with van der Waals surface area (Å²) >= 11 is 1.23. The summed E-state index contributed by atoms with van der Waals surface area (Å²) in [5.41, 5.74) is 1.11. The molecule has 0 fully saturated rings. The highest BCUT2D eigenvalue weighted by Gasteiger charge is 2.20. The summed E-state index contributed by atoms with van der Waals surface area (Å²) < 4.78 is 15.6. The molecule has 0 aliphatic carbocycles. The van der Waals surface area contributed by atoms with Gasteiger partial charge in [0.1, 0.15) is 11.6 Å². The zero-order valence-corrected chi connectivity index (χ0v) is 20.8. The highest BCUT2D eigenvalue weighted by molar-refractivity contribution is 8.00. The number of rotatable bonds is 11. The van der Waals surface area contributed by atoms with E-state index in [4.69, 9.17) is 0 Å². The summed E-state index contributed by atoms with van der Waals surface area (Å²) in [5.74, 6) is -0.941. The van der Waals surface area contributed by atoms with Crippen molar-refractivity contribution >= 4 is 40.9 Å². The van der Waals surface area contributed by atoms with Gasteiger partial charge in [0.05, 0.1) is 10.8 Å². The fourth-order valence-electron chi connectivity index (χ4n) is 3.27. The van der Waals surface area contributed by atoms with E-state index in [1.165, 1.54) is 36.9 Å². The van der Waals surface area contributed by atoms with Gasteiger partial charge in [0.15, 0.2) is 5.16 Å². The van der Waals surface area contributed by atoms with Crippen LogP contribution in [0.2, 0.25) is 0 Å². The van der Waals surface area contributed by atoms with Crippen LogP contribution in [0.15, 0.2) is 66.3 Å². The van der Waals surface area contributed by atoms with Gasteiger partial charge in [-0.25, -0.2) is 4.39 Å². The molecule has 1 aromatic heterocycles. The van der Waals surface area contributed by atoms with Gasteiger partial charge in [-0.3, -0.25) is 14.4 Å². The molecule has 1 atom stereocenters. The molecule has 11 heteroatoms. The maximum absolute atomic E-state index is 13.8. The Bertz CT molecular complexity index is 1260. The lowest BCUT2D eigenvalue weighted by atomic mass is 10.2. The van der Waals surface area contributed by atoms with Crippen molar-refractivity contribution in [1.82, 2.24) is 20.1 Å². The van der Waals surface area contributed by atoms with Crippen LogP contribution in [-0.2, 0) is 22.6 Å². The number of benzene rings is 2. The van der Waals surface area contributed by atoms with Crippen LogP contribution in [-0.4, -0.2) is 44.3 Å². The number of allylic oxidation sites excluding steroid dienone is 1. The van der Waals surface area contributed by atoms with Gasteiger partial charge in [-0.1, -0.05) is 36.0 Å². The topological polar surface area (TPSA) is 118 Å². The van der Waals surface area contributed by atoms with Gasteiger partial charge in [0.2, 0.25) is 11.8 Å². The molecule has 188 valence electrons. The van der Waals surface area contributed by atoms with E-state index in [0.717, 1.165) is 0 Å². The fourth-order valence-corrected chi connectivity index (χ4v) is 4.14. The molecule has 1 heterocycles. The average molecular weight is 511 g/mol. The van der Waals surface area contributed by atoms with Crippen molar-refractivity contribution in [1.29, 1.82) is 0 Å². The predicted molar refractivity (Wildman–Crippen MR) is 137 cm³/mol. The highest BCUT2D eigenvalue weighted by Crippen LogP contribution is 2.24. The summed E-state index contributed by atoms with van der Waals surface area (Å²) in [6, 6.07) is 12.6. The minimum absolute atomic E-state index is 0.0243. The molecule has 9 nitrogen and oxygen atoms in total. The van der Waals surface area contributed by atoms with Crippen LogP contribution < -0.4 is 16.0 Å². The number of hydrogen-bond acceptors (Lipinski definition) is 6. The Kier molecular flexibility index (Phi) is 9.34. The normalized spacial score (nSPS) is 11.4. The van der Waals surface area contributed by atoms with E-state index in [1.807, 2.05) is 4.57 Å². The number of nitrogens with one attached hydrogen (secondary N) is 3. The second kappa shape index (κ2) is 12.6. The molecular weight excluding hydrogens is 483 g/mol. The number of carbonyl (C=O) groups excluding carboxylic acids is 3. The first kappa shape index (κ1) is 26.6. The van der Waals surface area contributed by atoms with Crippen molar-refractivity contribution in [3.63, 3.8) is 0 Å². The number of carbonyl (C=O) groups is 3. The standard InChI is InChI=1S/C25H27FN6O3S/c1-4-14-32-22(12-13-27-24(35)20-10-5-6-11-21(20)26)30-31-25(32)36-16(2)23(34)29-19-9-7-8-18(15-19)28-17(3)33/h4-11,15-16H,1,12-14H2,2-3H3,(H,27,35)(H,28,33)(H,29,34). The predicted octanol–water partition coefficient (Wildman–Crippen LogP) is 3.65. The van der Waals surface area contributed by atoms with E-state index < -0.39 is 17.0 Å². The van der Waals surface area contributed by atoms with Gasteiger partial charge in [0.25, 0.3) is 5.91 Å². The van der Waals surface area contributed by atoms with E-state index in [-0.39, 0.29) is 23.9 Å². The van der Waals surface area contributed by atoms with Crippen LogP contribution in [0.25, 0.3) is 0 Å². The van der Waals surface area contributed by atoms with Gasteiger partial charge in [0, 0.05) is 37.8 Å². The largest absolute Gasteiger partial charge is 0.351 e. The van der Waals surface area contributed by atoms with Gasteiger partial charge < -0.3 is 20.5 Å². The summed E-state index contributed by atoms with van der Waals surface area (Å²) in [6.45, 7) is 7.57. The Hall–Kier alpha value is -3.99. The van der Waals surface area contributed by atoms with Crippen molar-refractivity contribution in [2.24, 2.45) is 0 Å². The van der Waals surface area contributed by atoms with Crippen molar-refractivity contribution < 1.29 is 18.8 Å². The maximum Gasteiger partial charge on any atom is 0.254 e. The number of aromatic nitrogens is 3.